The van der Waals surface area contributed by atoms with Crippen LogP contribution < -0.4 is 5.32 Å². The molecule has 20 heavy (non-hydrogen) atoms. The first-order valence-corrected chi connectivity index (χ1v) is 6.92. The molecule has 0 fully saturated rings. The van der Waals surface area contributed by atoms with E-state index in [0.717, 1.165) is 15.6 Å². The zero-order valence-electron chi connectivity index (χ0n) is 10.7. The number of aliphatic hydroxyl groups is 1. The minimum atomic E-state index is -0.197. The number of aliphatic hydroxyl groups excluding tert-OH is 1. The molecule has 0 saturated carbocycles. The lowest BCUT2D eigenvalue weighted by Gasteiger charge is -2.03. The van der Waals surface area contributed by atoms with E-state index in [2.05, 4.69) is 21.2 Å². The molecule has 0 aliphatic rings. The molecule has 0 aliphatic carbocycles. The van der Waals surface area contributed by atoms with Gasteiger partial charge < -0.3 is 10.4 Å². The van der Waals surface area contributed by atoms with Crippen LogP contribution in [0.25, 0.3) is 6.08 Å². The Kier molecular flexibility index (Phi) is 5.09. The van der Waals surface area contributed by atoms with Gasteiger partial charge in [0.2, 0.25) is 5.91 Å². The molecule has 0 aromatic heterocycles. The van der Waals surface area contributed by atoms with Gasteiger partial charge in [-0.3, -0.25) is 4.79 Å². The van der Waals surface area contributed by atoms with Gasteiger partial charge in [-0.1, -0.05) is 46.3 Å². The Morgan fingerprint density at radius 1 is 1.15 bits per heavy atom. The number of carbonyl (C=O) groups excluding carboxylic acids is 1. The predicted octanol–water partition coefficient (Wildman–Crippen LogP) is 3.59. The number of benzene rings is 2. The van der Waals surface area contributed by atoms with Gasteiger partial charge in [0.05, 0.1) is 6.61 Å². The van der Waals surface area contributed by atoms with E-state index in [0.29, 0.717) is 5.69 Å². The largest absolute Gasteiger partial charge is 0.392 e. The van der Waals surface area contributed by atoms with Crippen LogP contribution in [0, 0.1) is 0 Å². The predicted molar refractivity (Wildman–Crippen MR) is 84.2 cm³/mol. The van der Waals surface area contributed by atoms with Crippen molar-refractivity contribution in [3.8, 4) is 0 Å². The van der Waals surface area contributed by atoms with Gasteiger partial charge in [-0.2, -0.15) is 0 Å². The topological polar surface area (TPSA) is 49.3 Å². The van der Waals surface area contributed by atoms with Crippen molar-refractivity contribution in [3.63, 3.8) is 0 Å². The van der Waals surface area contributed by atoms with Crippen molar-refractivity contribution in [3.05, 3.63) is 70.2 Å². The lowest BCUT2D eigenvalue weighted by atomic mass is 10.2. The molecule has 0 unspecified atom stereocenters. The maximum absolute atomic E-state index is 11.8. The van der Waals surface area contributed by atoms with Crippen molar-refractivity contribution in [1.29, 1.82) is 0 Å². The summed E-state index contributed by atoms with van der Waals surface area (Å²) in [5.74, 6) is -0.197. The fourth-order valence-corrected chi connectivity index (χ4v) is 2.07. The van der Waals surface area contributed by atoms with E-state index >= 15 is 0 Å². The average molecular weight is 332 g/mol. The Balaban J connectivity index is 2.00. The second kappa shape index (κ2) is 7.03. The Morgan fingerprint density at radius 3 is 2.50 bits per heavy atom. The number of amides is 1. The van der Waals surface area contributed by atoms with Crippen molar-refractivity contribution in [2.24, 2.45) is 0 Å². The van der Waals surface area contributed by atoms with Gasteiger partial charge in [-0.15, -0.1) is 0 Å². The zero-order chi connectivity index (χ0) is 14.4. The standard InChI is InChI=1S/C16H14BrNO2/c17-15-4-2-1-3-13(15)7-10-16(20)18-14-8-5-12(11-19)6-9-14/h1-10,19H,11H2,(H,18,20). The van der Waals surface area contributed by atoms with Crippen molar-refractivity contribution >= 4 is 33.6 Å². The third-order valence-electron chi connectivity index (χ3n) is 2.72. The van der Waals surface area contributed by atoms with Gasteiger partial charge in [-0.25, -0.2) is 0 Å². The summed E-state index contributed by atoms with van der Waals surface area (Å²) in [5.41, 5.74) is 2.45. The van der Waals surface area contributed by atoms with E-state index in [1.165, 1.54) is 6.08 Å². The highest BCUT2D eigenvalue weighted by atomic mass is 79.9. The van der Waals surface area contributed by atoms with Gasteiger partial charge in [0.25, 0.3) is 0 Å². The number of hydrogen-bond donors (Lipinski definition) is 2. The van der Waals surface area contributed by atoms with E-state index in [4.69, 9.17) is 5.11 Å². The van der Waals surface area contributed by atoms with Crippen molar-refractivity contribution < 1.29 is 9.90 Å². The first-order chi connectivity index (χ1) is 9.69. The second-order valence-corrected chi connectivity index (χ2v) is 5.05. The molecule has 0 bridgehead atoms. The molecule has 2 aromatic carbocycles. The molecule has 0 spiro atoms. The summed E-state index contributed by atoms with van der Waals surface area (Å²) in [6.45, 7) is -0.00381. The molecule has 2 N–H and O–H groups in total. The molecular formula is C16H14BrNO2. The number of anilines is 1. The third-order valence-corrected chi connectivity index (χ3v) is 3.45. The molecule has 0 atom stereocenters. The summed E-state index contributed by atoms with van der Waals surface area (Å²) in [6.07, 6.45) is 3.24. The Labute approximate surface area is 126 Å². The van der Waals surface area contributed by atoms with Crippen LogP contribution in [-0.2, 0) is 11.4 Å². The molecule has 0 radical (unpaired) electrons. The van der Waals surface area contributed by atoms with Crippen molar-refractivity contribution in [1.82, 2.24) is 0 Å². The highest BCUT2D eigenvalue weighted by molar-refractivity contribution is 9.10. The summed E-state index contributed by atoms with van der Waals surface area (Å²) >= 11 is 3.42. The Hall–Kier alpha value is -1.91. The van der Waals surface area contributed by atoms with Gasteiger partial charge in [0.1, 0.15) is 0 Å². The average Bonchev–Trinajstić information content (AvgIpc) is 2.47. The van der Waals surface area contributed by atoms with Crippen LogP contribution in [0.3, 0.4) is 0 Å². The third kappa shape index (κ3) is 4.05. The summed E-state index contributed by atoms with van der Waals surface area (Å²) in [7, 11) is 0. The smallest absolute Gasteiger partial charge is 0.248 e. The monoisotopic (exact) mass is 331 g/mol. The molecule has 3 nitrogen and oxygen atoms in total. The highest BCUT2D eigenvalue weighted by Gasteiger charge is 1.99. The van der Waals surface area contributed by atoms with Gasteiger partial charge in [-0.05, 0) is 35.4 Å². The summed E-state index contributed by atoms with van der Waals surface area (Å²) < 4.78 is 0.941. The van der Waals surface area contributed by atoms with Crippen LogP contribution in [0.4, 0.5) is 5.69 Å². The summed E-state index contributed by atoms with van der Waals surface area (Å²) in [4.78, 5) is 11.8. The van der Waals surface area contributed by atoms with Gasteiger partial charge in [0.15, 0.2) is 0 Å². The lowest BCUT2D eigenvalue weighted by molar-refractivity contribution is -0.111. The van der Waals surface area contributed by atoms with E-state index in [1.807, 2.05) is 24.3 Å². The maximum Gasteiger partial charge on any atom is 0.248 e. The SMILES string of the molecule is O=C(C=Cc1ccccc1Br)Nc1ccc(CO)cc1. The van der Waals surface area contributed by atoms with Crippen LogP contribution in [0.2, 0.25) is 0 Å². The fourth-order valence-electron chi connectivity index (χ4n) is 1.65. The normalized spacial score (nSPS) is 10.7. The van der Waals surface area contributed by atoms with E-state index < -0.39 is 0 Å². The molecule has 4 heteroatoms. The number of nitrogens with one attached hydrogen (secondary N) is 1. The number of rotatable bonds is 4. The minimum Gasteiger partial charge on any atom is -0.392 e. The Bertz CT molecular complexity index is 621. The number of hydrogen-bond acceptors (Lipinski definition) is 2. The zero-order valence-corrected chi connectivity index (χ0v) is 12.3. The van der Waals surface area contributed by atoms with Crippen LogP contribution in [0.1, 0.15) is 11.1 Å². The van der Waals surface area contributed by atoms with E-state index in [-0.39, 0.29) is 12.5 Å². The van der Waals surface area contributed by atoms with Gasteiger partial charge in [0, 0.05) is 16.2 Å². The molecule has 2 aromatic rings. The molecule has 102 valence electrons. The fraction of sp³-hybridized carbons (Fsp3) is 0.0625. The van der Waals surface area contributed by atoms with E-state index in [1.54, 1.807) is 30.3 Å². The minimum absolute atomic E-state index is 0.00381. The quantitative estimate of drug-likeness (QED) is 0.841. The summed E-state index contributed by atoms with van der Waals surface area (Å²) in [5, 5.41) is 11.7. The molecule has 1 amide bonds. The Morgan fingerprint density at radius 2 is 1.85 bits per heavy atom. The van der Waals surface area contributed by atoms with Gasteiger partial charge >= 0.3 is 0 Å². The first kappa shape index (κ1) is 14.5. The van der Waals surface area contributed by atoms with E-state index in [9.17, 15) is 4.79 Å². The second-order valence-electron chi connectivity index (χ2n) is 4.20. The molecule has 0 aliphatic heterocycles. The molecule has 0 saturated heterocycles. The van der Waals surface area contributed by atoms with Crippen LogP contribution in [0.15, 0.2) is 59.1 Å². The molecule has 2 rings (SSSR count). The molecule has 0 heterocycles. The first-order valence-electron chi connectivity index (χ1n) is 6.12. The van der Waals surface area contributed by atoms with Crippen molar-refractivity contribution in [2.75, 3.05) is 5.32 Å². The van der Waals surface area contributed by atoms with Crippen LogP contribution in [0.5, 0.6) is 0 Å². The highest BCUT2D eigenvalue weighted by Crippen LogP contribution is 2.17. The number of halogens is 1. The lowest BCUT2D eigenvalue weighted by Crippen LogP contribution is -2.07. The summed E-state index contributed by atoms with van der Waals surface area (Å²) in [6, 6.07) is 14.7. The van der Waals surface area contributed by atoms with Crippen LogP contribution in [-0.4, -0.2) is 11.0 Å². The van der Waals surface area contributed by atoms with Crippen LogP contribution >= 0.6 is 15.9 Å². The number of carbonyl (C=O) groups is 1. The van der Waals surface area contributed by atoms with Crippen molar-refractivity contribution in [2.45, 2.75) is 6.61 Å². The molecular weight excluding hydrogens is 318 g/mol. The maximum atomic E-state index is 11.8.